The number of allylic oxidation sites excluding steroid dienone is 1. The van der Waals surface area contributed by atoms with Gasteiger partial charge in [0.2, 0.25) is 0 Å². The number of rotatable bonds is 3. The Bertz CT molecular complexity index is 1190. The van der Waals surface area contributed by atoms with Gasteiger partial charge >= 0.3 is 0 Å². The van der Waals surface area contributed by atoms with E-state index >= 15 is 0 Å². The minimum absolute atomic E-state index is 0.0688. The van der Waals surface area contributed by atoms with Crippen molar-refractivity contribution in [3.05, 3.63) is 77.5 Å². The zero-order valence-electron chi connectivity index (χ0n) is 17.9. The maximum absolute atomic E-state index is 14.0. The quantitative estimate of drug-likeness (QED) is 0.581. The van der Waals surface area contributed by atoms with Crippen LogP contribution in [0.2, 0.25) is 0 Å². The van der Waals surface area contributed by atoms with E-state index in [0.717, 1.165) is 35.1 Å². The Morgan fingerprint density at radius 1 is 1.03 bits per heavy atom. The maximum atomic E-state index is 14.0. The monoisotopic (exact) mass is 414 g/mol. The van der Waals surface area contributed by atoms with Gasteiger partial charge in [0.15, 0.2) is 5.78 Å². The van der Waals surface area contributed by atoms with Crippen LogP contribution in [0.1, 0.15) is 45.7 Å². The molecule has 2 aromatic carbocycles. The number of Topliss-reactive ketones (excluding diaryl/α,β-unsaturated/α-hetero) is 1. The van der Waals surface area contributed by atoms with E-state index in [1.54, 1.807) is 7.11 Å². The number of nitrogens with zero attached hydrogens (tertiary/aromatic N) is 2. The van der Waals surface area contributed by atoms with Gasteiger partial charge < -0.3 is 14.2 Å². The summed E-state index contributed by atoms with van der Waals surface area (Å²) < 4.78 is 7.17. The van der Waals surface area contributed by atoms with E-state index in [0.29, 0.717) is 24.2 Å². The molecule has 0 fully saturated rings. The first kappa shape index (κ1) is 19.6. The molecule has 5 heteroatoms. The Morgan fingerprint density at radius 2 is 1.81 bits per heavy atom. The second-order valence-electron chi connectivity index (χ2n) is 8.40. The number of carbonyl (C=O) groups is 2. The van der Waals surface area contributed by atoms with E-state index in [1.807, 2.05) is 65.0 Å². The van der Waals surface area contributed by atoms with E-state index in [9.17, 15) is 9.59 Å². The number of hydrogen-bond donors (Lipinski definition) is 0. The predicted octanol–water partition coefficient (Wildman–Crippen LogP) is 4.75. The number of para-hydroxylation sites is 1. The molecule has 5 rings (SSSR count). The first-order valence-corrected chi connectivity index (χ1v) is 10.8. The van der Waals surface area contributed by atoms with Gasteiger partial charge in [0.05, 0.1) is 12.7 Å². The third kappa shape index (κ3) is 3.16. The number of fused-ring (bicyclic) bond motifs is 4. The minimum atomic E-state index is -0.204. The summed E-state index contributed by atoms with van der Waals surface area (Å²) >= 11 is 0. The summed E-state index contributed by atoms with van der Waals surface area (Å²) in [5.74, 6) is 0.614. The van der Waals surface area contributed by atoms with E-state index in [2.05, 4.69) is 12.2 Å². The second kappa shape index (κ2) is 7.73. The largest absolute Gasteiger partial charge is 0.497 e. The molecular formula is C26H26N2O3. The highest BCUT2D eigenvalue weighted by atomic mass is 16.5. The summed E-state index contributed by atoms with van der Waals surface area (Å²) in [6.07, 6.45) is 6.58. The number of ketones is 1. The van der Waals surface area contributed by atoms with Gasteiger partial charge in [-0.15, -0.1) is 0 Å². The zero-order valence-corrected chi connectivity index (χ0v) is 17.9. The number of carbonyl (C=O) groups excluding carboxylic acids is 2. The van der Waals surface area contributed by atoms with Gasteiger partial charge in [-0.05, 0) is 43.0 Å². The van der Waals surface area contributed by atoms with Crippen LogP contribution < -0.4 is 4.74 Å². The van der Waals surface area contributed by atoms with Crippen molar-refractivity contribution in [3.8, 4) is 5.75 Å². The molecular weight excluding hydrogens is 388 g/mol. The van der Waals surface area contributed by atoms with Crippen molar-refractivity contribution in [1.82, 2.24) is 9.47 Å². The number of aromatic nitrogens is 1. The van der Waals surface area contributed by atoms with E-state index < -0.39 is 0 Å². The van der Waals surface area contributed by atoms with Gasteiger partial charge in [0, 0.05) is 36.5 Å². The molecule has 31 heavy (non-hydrogen) atoms. The molecule has 1 aromatic heterocycles. The molecule has 2 aliphatic rings. The molecule has 3 aromatic rings. The van der Waals surface area contributed by atoms with Crippen molar-refractivity contribution in [2.24, 2.45) is 13.0 Å². The van der Waals surface area contributed by atoms with Crippen molar-refractivity contribution in [1.29, 1.82) is 0 Å². The predicted molar refractivity (Wildman–Crippen MR) is 120 cm³/mol. The molecule has 1 aliphatic heterocycles. The van der Waals surface area contributed by atoms with Crippen LogP contribution in [0.25, 0.3) is 10.9 Å². The highest BCUT2D eigenvalue weighted by molar-refractivity contribution is 6.18. The lowest BCUT2D eigenvalue weighted by molar-refractivity contribution is 0.0572. The summed E-state index contributed by atoms with van der Waals surface area (Å²) in [4.78, 5) is 29.7. The molecule has 2 unspecified atom stereocenters. The summed E-state index contributed by atoms with van der Waals surface area (Å²) in [5.41, 5.74) is 3.05. The highest BCUT2D eigenvalue weighted by Gasteiger charge is 2.43. The van der Waals surface area contributed by atoms with Crippen LogP contribution in [-0.2, 0) is 13.6 Å². The molecule has 0 saturated heterocycles. The topological polar surface area (TPSA) is 51.5 Å². The zero-order chi connectivity index (χ0) is 21.5. The molecule has 0 bridgehead atoms. The lowest BCUT2D eigenvalue weighted by Gasteiger charge is -2.33. The normalized spacial score (nSPS) is 20.9. The summed E-state index contributed by atoms with van der Waals surface area (Å²) in [6, 6.07) is 15.5. The van der Waals surface area contributed by atoms with Crippen molar-refractivity contribution in [2.75, 3.05) is 7.11 Å². The molecule has 0 N–H and O–H groups in total. The minimum Gasteiger partial charge on any atom is -0.497 e. The first-order chi connectivity index (χ1) is 15.1. The molecule has 0 radical (unpaired) electrons. The van der Waals surface area contributed by atoms with Crippen LogP contribution in [0.4, 0.5) is 0 Å². The van der Waals surface area contributed by atoms with Crippen LogP contribution in [-0.4, -0.2) is 34.3 Å². The van der Waals surface area contributed by atoms with Gasteiger partial charge in [-0.1, -0.05) is 42.5 Å². The molecule has 2 atom stereocenters. The molecule has 0 spiro atoms. The van der Waals surface area contributed by atoms with Crippen molar-refractivity contribution in [2.45, 2.75) is 31.8 Å². The van der Waals surface area contributed by atoms with Crippen LogP contribution in [0.5, 0.6) is 5.75 Å². The molecule has 2 heterocycles. The fourth-order valence-electron chi connectivity index (χ4n) is 5.12. The Hall–Kier alpha value is -3.34. The van der Waals surface area contributed by atoms with Crippen LogP contribution >= 0.6 is 0 Å². The van der Waals surface area contributed by atoms with E-state index in [-0.39, 0.29) is 23.7 Å². The van der Waals surface area contributed by atoms with Crippen molar-refractivity contribution in [3.63, 3.8) is 0 Å². The van der Waals surface area contributed by atoms with Crippen LogP contribution in [0.15, 0.2) is 60.7 Å². The summed E-state index contributed by atoms with van der Waals surface area (Å²) in [5, 5.41) is 0.876. The SMILES string of the molecule is COc1ccc(CN2C(=O)c3c(c4ccccc4n3C)C(=O)C3CCC=CCC32)cc1. The van der Waals surface area contributed by atoms with E-state index in [4.69, 9.17) is 4.74 Å². The molecule has 1 amide bonds. The number of hydrogen-bond acceptors (Lipinski definition) is 3. The lowest BCUT2D eigenvalue weighted by atomic mass is 9.86. The Morgan fingerprint density at radius 3 is 2.58 bits per heavy atom. The number of methoxy groups -OCH3 is 1. The number of amides is 1. The second-order valence-corrected chi connectivity index (χ2v) is 8.40. The number of benzene rings is 2. The fourth-order valence-corrected chi connectivity index (χ4v) is 5.12. The van der Waals surface area contributed by atoms with Crippen molar-refractivity contribution >= 4 is 22.6 Å². The average molecular weight is 415 g/mol. The maximum Gasteiger partial charge on any atom is 0.271 e. The van der Waals surface area contributed by atoms with Gasteiger partial charge in [0.25, 0.3) is 5.91 Å². The number of aryl methyl sites for hydroxylation is 1. The molecule has 1 aliphatic carbocycles. The summed E-state index contributed by atoms with van der Waals surface area (Å²) in [7, 11) is 3.53. The Balaban J connectivity index is 1.66. The van der Waals surface area contributed by atoms with Crippen LogP contribution in [0.3, 0.4) is 0 Å². The average Bonchev–Trinajstić information content (AvgIpc) is 2.92. The van der Waals surface area contributed by atoms with Crippen LogP contribution in [0, 0.1) is 5.92 Å². The highest BCUT2D eigenvalue weighted by Crippen LogP contribution is 2.38. The third-order valence-electron chi connectivity index (χ3n) is 6.72. The van der Waals surface area contributed by atoms with Gasteiger partial charge in [-0.2, -0.15) is 0 Å². The van der Waals surface area contributed by atoms with Gasteiger partial charge in [-0.3, -0.25) is 9.59 Å². The molecule has 158 valence electrons. The molecule has 0 saturated carbocycles. The fraction of sp³-hybridized carbons (Fsp3) is 0.308. The number of ether oxygens (including phenoxy) is 1. The van der Waals surface area contributed by atoms with E-state index in [1.165, 1.54) is 0 Å². The van der Waals surface area contributed by atoms with Gasteiger partial charge in [-0.25, -0.2) is 0 Å². The Kier molecular flexibility index (Phi) is 4.89. The third-order valence-corrected chi connectivity index (χ3v) is 6.72. The smallest absolute Gasteiger partial charge is 0.271 e. The van der Waals surface area contributed by atoms with Crippen molar-refractivity contribution < 1.29 is 14.3 Å². The molecule has 5 nitrogen and oxygen atoms in total. The standard InChI is InChI=1S/C26H26N2O3/c1-27-21-10-7-6-8-19(21)23-24(27)26(30)28(16-17-12-14-18(31-2)15-13-17)22-11-5-3-4-9-20(22)25(23)29/h3,5-8,10,12-15,20,22H,4,9,11,16H2,1-2H3. The lowest BCUT2D eigenvalue weighted by Crippen LogP contribution is -2.44. The summed E-state index contributed by atoms with van der Waals surface area (Å²) in [6.45, 7) is 0.464. The Labute approximate surface area is 181 Å². The first-order valence-electron chi connectivity index (χ1n) is 10.8. The van der Waals surface area contributed by atoms with Gasteiger partial charge in [0.1, 0.15) is 11.4 Å².